The highest BCUT2D eigenvalue weighted by atomic mass is 19.1. The summed E-state index contributed by atoms with van der Waals surface area (Å²) in [5.41, 5.74) is 0.880. The Bertz CT molecular complexity index is 617. The normalized spacial score (nSPS) is 17.2. The number of aliphatic hydroxyl groups is 1. The number of amides is 1. The van der Waals surface area contributed by atoms with Gasteiger partial charge in [0.1, 0.15) is 5.82 Å². The van der Waals surface area contributed by atoms with Crippen molar-refractivity contribution in [3.63, 3.8) is 0 Å². The number of rotatable bonds is 5. The minimum atomic E-state index is -0.795. The Labute approximate surface area is 121 Å². The van der Waals surface area contributed by atoms with E-state index >= 15 is 0 Å². The highest BCUT2D eigenvalue weighted by molar-refractivity contribution is 5.91. The fraction of sp³-hybridized carbons (Fsp3) is 0.312. The molecule has 1 atom stereocenters. The lowest BCUT2D eigenvalue weighted by atomic mass is 9.95. The van der Waals surface area contributed by atoms with Crippen LogP contribution in [-0.2, 0) is 10.2 Å². The highest BCUT2D eigenvalue weighted by Gasteiger charge is 2.51. The Hall–Kier alpha value is -2.14. The first-order valence-electron chi connectivity index (χ1n) is 6.86. The number of furan rings is 1. The molecule has 0 spiro atoms. The van der Waals surface area contributed by atoms with E-state index in [2.05, 4.69) is 5.32 Å². The van der Waals surface area contributed by atoms with Gasteiger partial charge in [-0.15, -0.1) is 0 Å². The molecule has 3 rings (SSSR count). The van der Waals surface area contributed by atoms with E-state index in [9.17, 15) is 14.3 Å². The van der Waals surface area contributed by atoms with E-state index in [-0.39, 0.29) is 18.3 Å². The molecule has 1 aromatic heterocycles. The van der Waals surface area contributed by atoms with Gasteiger partial charge in [-0.3, -0.25) is 4.79 Å². The molecule has 2 N–H and O–H groups in total. The van der Waals surface area contributed by atoms with Crippen molar-refractivity contribution in [3.8, 4) is 0 Å². The summed E-state index contributed by atoms with van der Waals surface area (Å²) >= 11 is 0. The van der Waals surface area contributed by atoms with Gasteiger partial charge in [0.2, 0.25) is 5.91 Å². The third-order valence-electron chi connectivity index (χ3n) is 3.97. The van der Waals surface area contributed by atoms with Crippen LogP contribution in [0.25, 0.3) is 0 Å². The molecule has 5 heteroatoms. The molecule has 2 aromatic rings. The van der Waals surface area contributed by atoms with Crippen LogP contribution in [0.1, 0.15) is 30.1 Å². The second kappa shape index (κ2) is 5.33. The Morgan fingerprint density at radius 3 is 2.62 bits per heavy atom. The highest BCUT2D eigenvalue weighted by Crippen LogP contribution is 2.48. The van der Waals surface area contributed by atoms with Crippen molar-refractivity contribution in [1.82, 2.24) is 5.32 Å². The van der Waals surface area contributed by atoms with Gasteiger partial charge in [0.25, 0.3) is 0 Å². The molecule has 1 saturated carbocycles. The van der Waals surface area contributed by atoms with Gasteiger partial charge in [0.05, 0.1) is 24.0 Å². The lowest BCUT2D eigenvalue weighted by Crippen LogP contribution is -2.37. The van der Waals surface area contributed by atoms with Crippen molar-refractivity contribution >= 4 is 5.91 Å². The fourth-order valence-corrected chi connectivity index (χ4v) is 2.48. The Morgan fingerprint density at radius 1 is 1.33 bits per heavy atom. The van der Waals surface area contributed by atoms with Crippen LogP contribution < -0.4 is 5.32 Å². The number of aliphatic hydroxyl groups excluding tert-OH is 1. The van der Waals surface area contributed by atoms with Gasteiger partial charge >= 0.3 is 0 Å². The molecule has 1 heterocycles. The van der Waals surface area contributed by atoms with Gasteiger partial charge < -0.3 is 14.8 Å². The summed E-state index contributed by atoms with van der Waals surface area (Å²) in [4.78, 5) is 12.3. The number of hydrogen-bond acceptors (Lipinski definition) is 3. The van der Waals surface area contributed by atoms with Gasteiger partial charge in [0.15, 0.2) is 0 Å². The summed E-state index contributed by atoms with van der Waals surface area (Å²) in [6.07, 6.45) is 3.61. The third-order valence-corrected chi connectivity index (χ3v) is 3.97. The molecule has 0 radical (unpaired) electrons. The topological polar surface area (TPSA) is 62.5 Å². The van der Waals surface area contributed by atoms with Crippen LogP contribution in [0.4, 0.5) is 4.39 Å². The summed E-state index contributed by atoms with van der Waals surface area (Å²) in [5.74, 6) is -0.443. The zero-order valence-electron chi connectivity index (χ0n) is 11.4. The predicted molar refractivity (Wildman–Crippen MR) is 74.0 cm³/mol. The molecule has 1 aliphatic rings. The Balaban J connectivity index is 1.64. The minimum absolute atomic E-state index is 0.126. The van der Waals surface area contributed by atoms with E-state index in [1.165, 1.54) is 24.7 Å². The molecular weight excluding hydrogens is 273 g/mol. The van der Waals surface area contributed by atoms with Gasteiger partial charge in [-0.25, -0.2) is 4.39 Å². The van der Waals surface area contributed by atoms with E-state index < -0.39 is 11.5 Å². The lowest BCUT2D eigenvalue weighted by molar-refractivity contribution is -0.124. The van der Waals surface area contributed by atoms with Crippen molar-refractivity contribution in [2.24, 2.45) is 0 Å². The van der Waals surface area contributed by atoms with E-state index in [1.54, 1.807) is 18.2 Å². The monoisotopic (exact) mass is 289 g/mol. The molecule has 4 nitrogen and oxygen atoms in total. The first kappa shape index (κ1) is 13.8. The SMILES string of the molecule is O=C(NC[C@@H](O)c1ccoc1)C1(c2ccc(F)cc2)CC1. The summed E-state index contributed by atoms with van der Waals surface area (Å²) in [6.45, 7) is 0.126. The van der Waals surface area contributed by atoms with Crippen LogP contribution in [0.5, 0.6) is 0 Å². The minimum Gasteiger partial charge on any atom is -0.472 e. The first-order chi connectivity index (χ1) is 10.1. The number of halogens is 1. The molecule has 0 saturated heterocycles. The molecule has 1 aliphatic carbocycles. The van der Waals surface area contributed by atoms with Crippen LogP contribution in [-0.4, -0.2) is 17.6 Å². The number of nitrogens with one attached hydrogen (secondary N) is 1. The summed E-state index contributed by atoms with van der Waals surface area (Å²) in [6, 6.07) is 7.68. The number of carbonyl (C=O) groups is 1. The summed E-state index contributed by atoms with van der Waals surface area (Å²) in [7, 11) is 0. The largest absolute Gasteiger partial charge is 0.472 e. The molecule has 1 amide bonds. The number of carbonyl (C=O) groups excluding carboxylic acids is 1. The van der Waals surface area contributed by atoms with E-state index in [1.807, 2.05) is 0 Å². The van der Waals surface area contributed by atoms with Crippen LogP contribution in [0.15, 0.2) is 47.3 Å². The zero-order valence-corrected chi connectivity index (χ0v) is 11.4. The Morgan fingerprint density at radius 2 is 2.05 bits per heavy atom. The quantitative estimate of drug-likeness (QED) is 0.888. The second-order valence-corrected chi connectivity index (χ2v) is 5.37. The van der Waals surface area contributed by atoms with Gasteiger partial charge in [-0.05, 0) is 36.6 Å². The van der Waals surface area contributed by atoms with E-state index in [4.69, 9.17) is 4.42 Å². The van der Waals surface area contributed by atoms with E-state index in [0.717, 1.165) is 18.4 Å². The number of benzene rings is 1. The predicted octanol–water partition coefficient (Wildman–Crippen LogP) is 2.30. The first-order valence-corrected chi connectivity index (χ1v) is 6.86. The maximum Gasteiger partial charge on any atom is 0.230 e. The summed E-state index contributed by atoms with van der Waals surface area (Å²) in [5, 5.41) is 12.7. The molecule has 0 aliphatic heterocycles. The van der Waals surface area contributed by atoms with Gasteiger partial charge in [-0.2, -0.15) is 0 Å². The molecule has 0 unspecified atom stereocenters. The van der Waals surface area contributed by atoms with Gasteiger partial charge in [0, 0.05) is 12.1 Å². The van der Waals surface area contributed by atoms with Crippen molar-refractivity contribution in [1.29, 1.82) is 0 Å². The standard InChI is InChI=1S/C16H16FNO3/c17-13-3-1-12(2-4-13)16(6-7-16)15(20)18-9-14(19)11-5-8-21-10-11/h1-5,8,10,14,19H,6-7,9H2,(H,18,20)/t14-/m1/s1. The third kappa shape index (κ3) is 2.69. The van der Waals surface area contributed by atoms with Crippen LogP contribution in [0.3, 0.4) is 0 Å². The molecule has 1 aromatic carbocycles. The Kier molecular flexibility index (Phi) is 3.51. The molecular formula is C16H16FNO3. The maximum absolute atomic E-state index is 13.0. The van der Waals surface area contributed by atoms with Crippen molar-refractivity contribution in [2.75, 3.05) is 6.54 Å². The van der Waals surface area contributed by atoms with Gasteiger partial charge in [-0.1, -0.05) is 12.1 Å². The van der Waals surface area contributed by atoms with Crippen molar-refractivity contribution < 1.29 is 18.7 Å². The second-order valence-electron chi connectivity index (χ2n) is 5.37. The van der Waals surface area contributed by atoms with Crippen LogP contribution in [0, 0.1) is 5.82 Å². The van der Waals surface area contributed by atoms with Crippen molar-refractivity contribution in [3.05, 3.63) is 59.8 Å². The fourth-order valence-electron chi connectivity index (χ4n) is 2.48. The lowest BCUT2D eigenvalue weighted by Gasteiger charge is -2.17. The smallest absolute Gasteiger partial charge is 0.230 e. The van der Waals surface area contributed by atoms with E-state index in [0.29, 0.717) is 5.56 Å². The summed E-state index contributed by atoms with van der Waals surface area (Å²) < 4.78 is 17.9. The molecule has 1 fully saturated rings. The average molecular weight is 289 g/mol. The van der Waals surface area contributed by atoms with Crippen LogP contribution >= 0.6 is 0 Å². The molecule has 21 heavy (non-hydrogen) atoms. The maximum atomic E-state index is 13.0. The average Bonchev–Trinajstić information content (AvgIpc) is 3.11. The van der Waals surface area contributed by atoms with Crippen LogP contribution in [0.2, 0.25) is 0 Å². The van der Waals surface area contributed by atoms with Crippen molar-refractivity contribution in [2.45, 2.75) is 24.4 Å². The zero-order chi connectivity index (χ0) is 14.9. The number of hydrogen-bond donors (Lipinski definition) is 2. The molecule has 110 valence electrons. The molecule has 0 bridgehead atoms.